The van der Waals surface area contributed by atoms with Crippen molar-refractivity contribution in [1.29, 1.82) is 0 Å². The molecule has 16 heavy (non-hydrogen) atoms. The second-order valence-corrected chi connectivity index (χ2v) is 5.56. The monoisotopic (exact) mass is 241 g/mol. The van der Waals surface area contributed by atoms with E-state index in [4.69, 9.17) is 12.2 Å². The standard InChI is InChI=1S/C14H27NS/c1-4-14(5-2,6-3)13(16)15-12-10-8-7-9-11-12/h12H,4-11H2,1-3H3,(H,15,16). The highest BCUT2D eigenvalue weighted by atomic mass is 32.1. The summed E-state index contributed by atoms with van der Waals surface area (Å²) in [6, 6.07) is 0.658. The van der Waals surface area contributed by atoms with Crippen LogP contribution >= 0.6 is 12.2 Å². The zero-order chi connectivity index (χ0) is 12.0. The van der Waals surface area contributed by atoms with E-state index in [1.807, 2.05) is 0 Å². The quantitative estimate of drug-likeness (QED) is 0.714. The van der Waals surface area contributed by atoms with Crippen molar-refractivity contribution in [2.45, 2.75) is 78.2 Å². The van der Waals surface area contributed by atoms with Crippen LogP contribution in [0.4, 0.5) is 0 Å². The molecule has 0 atom stereocenters. The summed E-state index contributed by atoms with van der Waals surface area (Å²) in [6.45, 7) is 6.80. The first-order valence-corrected chi connectivity index (χ1v) is 7.40. The topological polar surface area (TPSA) is 12.0 Å². The first kappa shape index (κ1) is 14.0. The predicted molar refractivity (Wildman–Crippen MR) is 75.9 cm³/mol. The lowest BCUT2D eigenvalue weighted by Gasteiger charge is -2.35. The van der Waals surface area contributed by atoms with E-state index < -0.39 is 0 Å². The number of hydrogen-bond donors (Lipinski definition) is 1. The Kier molecular flexibility index (Phi) is 5.74. The number of thiocarbonyl (C=S) groups is 1. The lowest BCUT2D eigenvalue weighted by Crippen LogP contribution is -2.44. The summed E-state index contributed by atoms with van der Waals surface area (Å²) in [5, 5.41) is 3.64. The Hall–Kier alpha value is -0.110. The molecule has 0 aromatic rings. The molecule has 0 unspecified atom stereocenters. The fourth-order valence-corrected chi connectivity index (χ4v) is 3.42. The van der Waals surface area contributed by atoms with Crippen molar-refractivity contribution in [3.8, 4) is 0 Å². The van der Waals surface area contributed by atoms with Gasteiger partial charge in [0.2, 0.25) is 0 Å². The Morgan fingerprint density at radius 3 is 2.00 bits per heavy atom. The van der Waals surface area contributed by atoms with Crippen LogP contribution in [0.3, 0.4) is 0 Å². The van der Waals surface area contributed by atoms with Crippen LogP contribution in [-0.2, 0) is 0 Å². The van der Waals surface area contributed by atoms with Gasteiger partial charge >= 0.3 is 0 Å². The van der Waals surface area contributed by atoms with E-state index in [0.29, 0.717) is 6.04 Å². The third-order valence-electron chi connectivity index (χ3n) is 4.45. The SMILES string of the molecule is CCC(CC)(CC)C(=S)NC1CCCCC1. The summed E-state index contributed by atoms with van der Waals surface area (Å²) < 4.78 is 0. The smallest absolute Gasteiger partial charge is 0.0817 e. The number of hydrogen-bond acceptors (Lipinski definition) is 1. The maximum absolute atomic E-state index is 5.65. The molecule has 1 saturated carbocycles. The van der Waals surface area contributed by atoms with E-state index in [2.05, 4.69) is 26.1 Å². The molecular formula is C14H27NS. The van der Waals surface area contributed by atoms with Crippen molar-refractivity contribution < 1.29 is 0 Å². The summed E-state index contributed by atoms with van der Waals surface area (Å²) in [7, 11) is 0. The fraction of sp³-hybridized carbons (Fsp3) is 0.929. The first-order valence-electron chi connectivity index (χ1n) is 6.99. The van der Waals surface area contributed by atoms with Crippen LogP contribution in [0.2, 0.25) is 0 Å². The minimum absolute atomic E-state index is 0.257. The Morgan fingerprint density at radius 1 is 1.06 bits per heavy atom. The van der Waals surface area contributed by atoms with Gasteiger partial charge in [-0.15, -0.1) is 0 Å². The molecule has 0 amide bonds. The zero-order valence-electron chi connectivity index (χ0n) is 11.1. The van der Waals surface area contributed by atoms with Crippen molar-refractivity contribution in [2.75, 3.05) is 0 Å². The Balaban J connectivity index is 2.54. The van der Waals surface area contributed by atoms with E-state index >= 15 is 0 Å². The molecule has 1 N–H and O–H groups in total. The summed E-state index contributed by atoms with van der Waals surface area (Å²) >= 11 is 5.65. The van der Waals surface area contributed by atoms with Gasteiger partial charge in [-0.25, -0.2) is 0 Å². The van der Waals surface area contributed by atoms with Gasteiger partial charge in [0.15, 0.2) is 0 Å². The average Bonchev–Trinajstić information content (AvgIpc) is 2.33. The van der Waals surface area contributed by atoms with E-state index in [1.54, 1.807) is 0 Å². The van der Waals surface area contributed by atoms with E-state index in [1.165, 1.54) is 51.4 Å². The lowest BCUT2D eigenvalue weighted by atomic mass is 9.79. The molecule has 0 aromatic carbocycles. The molecule has 0 saturated heterocycles. The van der Waals surface area contributed by atoms with E-state index in [9.17, 15) is 0 Å². The van der Waals surface area contributed by atoms with Gasteiger partial charge in [-0.05, 0) is 32.1 Å². The van der Waals surface area contributed by atoms with Crippen LogP contribution in [0, 0.1) is 5.41 Å². The summed E-state index contributed by atoms with van der Waals surface area (Å²) in [5.41, 5.74) is 0.257. The minimum atomic E-state index is 0.257. The normalized spacial score (nSPS) is 18.4. The Morgan fingerprint density at radius 2 is 1.56 bits per heavy atom. The van der Waals surface area contributed by atoms with E-state index in [-0.39, 0.29) is 5.41 Å². The highest BCUT2D eigenvalue weighted by Crippen LogP contribution is 2.32. The van der Waals surface area contributed by atoms with Gasteiger partial charge in [0.05, 0.1) is 4.99 Å². The lowest BCUT2D eigenvalue weighted by molar-refractivity contribution is 0.348. The predicted octanol–water partition coefficient (Wildman–Crippen LogP) is 4.45. The average molecular weight is 241 g/mol. The van der Waals surface area contributed by atoms with Gasteiger partial charge in [-0.1, -0.05) is 52.3 Å². The highest BCUT2D eigenvalue weighted by molar-refractivity contribution is 7.80. The van der Waals surface area contributed by atoms with Gasteiger partial charge in [0.25, 0.3) is 0 Å². The minimum Gasteiger partial charge on any atom is -0.376 e. The van der Waals surface area contributed by atoms with Gasteiger partial charge in [0.1, 0.15) is 0 Å². The molecular weight excluding hydrogens is 214 g/mol. The Bertz CT molecular complexity index is 207. The van der Waals surface area contributed by atoms with Gasteiger partial charge in [0, 0.05) is 11.5 Å². The van der Waals surface area contributed by atoms with Gasteiger partial charge in [-0.3, -0.25) is 0 Å². The summed E-state index contributed by atoms with van der Waals surface area (Å²) in [6.07, 6.45) is 10.3. The number of nitrogens with one attached hydrogen (secondary N) is 1. The maximum atomic E-state index is 5.65. The zero-order valence-corrected chi connectivity index (χ0v) is 12.0. The maximum Gasteiger partial charge on any atom is 0.0817 e. The third kappa shape index (κ3) is 3.19. The Labute approximate surface area is 106 Å². The van der Waals surface area contributed by atoms with Crippen LogP contribution in [0.5, 0.6) is 0 Å². The van der Waals surface area contributed by atoms with Crippen LogP contribution in [0.1, 0.15) is 72.1 Å². The molecule has 0 bridgehead atoms. The van der Waals surface area contributed by atoms with Crippen molar-refractivity contribution in [1.82, 2.24) is 5.32 Å². The molecule has 0 aromatic heterocycles. The largest absolute Gasteiger partial charge is 0.376 e. The van der Waals surface area contributed by atoms with Crippen LogP contribution < -0.4 is 5.32 Å². The molecule has 0 heterocycles. The third-order valence-corrected chi connectivity index (χ3v) is 5.00. The van der Waals surface area contributed by atoms with Crippen LogP contribution in [-0.4, -0.2) is 11.0 Å². The molecule has 2 heteroatoms. The molecule has 0 aliphatic heterocycles. The second-order valence-electron chi connectivity index (χ2n) is 5.15. The molecule has 0 radical (unpaired) electrons. The summed E-state index contributed by atoms with van der Waals surface area (Å²) in [5.74, 6) is 0. The van der Waals surface area contributed by atoms with Crippen molar-refractivity contribution in [3.05, 3.63) is 0 Å². The molecule has 1 rings (SSSR count). The molecule has 1 fully saturated rings. The van der Waals surface area contributed by atoms with E-state index in [0.717, 1.165) is 4.99 Å². The van der Waals surface area contributed by atoms with Crippen molar-refractivity contribution >= 4 is 17.2 Å². The van der Waals surface area contributed by atoms with Crippen molar-refractivity contribution in [3.63, 3.8) is 0 Å². The molecule has 94 valence electrons. The second kappa shape index (κ2) is 6.58. The van der Waals surface area contributed by atoms with Gasteiger partial charge < -0.3 is 5.32 Å². The highest BCUT2D eigenvalue weighted by Gasteiger charge is 2.30. The molecule has 1 aliphatic rings. The molecule has 0 spiro atoms. The summed E-state index contributed by atoms with van der Waals surface area (Å²) in [4.78, 5) is 1.13. The van der Waals surface area contributed by atoms with Crippen molar-refractivity contribution in [2.24, 2.45) is 5.41 Å². The fourth-order valence-electron chi connectivity index (χ4n) is 2.82. The molecule has 1 nitrogen and oxygen atoms in total. The first-order chi connectivity index (χ1) is 7.68. The number of rotatable bonds is 5. The van der Waals surface area contributed by atoms with Crippen LogP contribution in [0.15, 0.2) is 0 Å². The van der Waals surface area contributed by atoms with Gasteiger partial charge in [-0.2, -0.15) is 0 Å². The molecule has 1 aliphatic carbocycles. The van der Waals surface area contributed by atoms with Crippen LogP contribution in [0.25, 0.3) is 0 Å².